The molecule has 1 fully saturated rings. The average molecular weight is 468 g/mol. The van der Waals surface area contributed by atoms with Gasteiger partial charge in [0.2, 0.25) is 5.43 Å². The molecule has 3 aromatic carbocycles. The smallest absolute Gasteiger partial charge is 0.254 e. The standard InChI is InChI=1S/C27H21FN4O3/c28-20-9-18-23-26(24(20)31-6-5-15(29)11-31)35-22-8-14-7-13-3-1-2-4-16(13)17(14)10-21(22)32(23)12-19(25(18)33)27(30)34/h1-4,8-10,12,15H,5-7,11,29H2,(H2,30,34). The van der Waals surface area contributed by atoms with Crippen LogP contribution >= 0.6 is 0 Å². The van der Waals surface area contributed by atoms with E-state index in [-0.39, 0.29) is 28.4 Å². The number of benzene rings is 3. The number of aromatic nitrogens is 1. The van der Waals surface area contributed by atoms with Crippen LogP contribution in [0.15, 0.2) is 53.5 Å². The van der Waals surface area contributed by atoms with Crippen molar-refractivity contribution in [2.45, 2.75) is 18.9 Å². The summed E-state index contributed by atoms with van der Waals surface area (Å²) in [5, 5.41) is 0.0487. The maximum Gasteiger partial charge on any atom is 0.254 e. The van der Waals surface area contributed by atoms with Gasteiger partial charge in [0, 0.05) is 25.3 Å². The number of hydrogen-bond acceptors (Lipinski definition) is 5. The second-order valence-electron chi connectivity index (χ2n) is 9.45. The first-order valence-corrected chi connectivity index (χ1v) is 11.6. The lowest BCUT2D eigenvalue weighted by molar-refractivity contribution is 0.0999. The van der Waals surface area contributed by atoms with Gasteiger partial charge < -0.3 is 25.7 Å². The maximum absolute atomic E-state index is 15.6. The molecule has 1 atom stereocenters. The van der Waals surface area contributed by atoms with Crippen LogP contribution in [-0.4, -0.2) is 29.6 Å². The Labute approximate surface area is 199 Å². The summed E-state index contributed by atoms with van der Waals surface area (Å²) in [6.07, 6.45) is 2.94. The zero-order valence-corrected chi connectivity index (χ0v) is 18.7. The van der Waals surface area contributed by atoms with E-state index in [4.69, 9.17) is 16.2 Å². The highest BCUT2D eigenvalue weighted by molar-refractivity contribution is 6.01. The van der Waals surface area contributed by atoms with Crippen LogP contribution in [0.2, 0.25) is 0 Å². The molecular weight excluding hydrogens is 447 g/mol. The lowest BCUT2D eigenvalue weighted by Crippen LogP contribution is -2.29. The van der Waals surface area contributed by atoms with E-state index in [9.17, 15) is 9.59 Å². The van der Waals surface area contributed by atoms with Crippen LogP contribution < -0.4 is 26.5 Å². The van der Waals surface area contributed by atoms with Crippen LogP contribution in [0, 0.1) is 5.82 Å². The van der Waals surface area contributed by atoms with Crippen molar-refractivity contribution in [1.82, 2.24) is 4.57 Å². The Kier molecular flexibility index (Phi) is 4.00. The number of anilines is 1. The van der Waals surface area contributed by atoms with Gasteiger partial charge in [-0.3, -0.25) is 9.59 Å². The topological polar surface area (TPSA) is 104 Å². The van der Waals surface area contributed by atoms with Crippen LogP contribution in [0.3, 0.4) is 0 Å². The summed E-state index contributed by atoms with van der Waals surface area (Å²) in [5.41, 5.74) is 16.7. The fraction of sp³-hybridized carbons (Fsp3) is 0.185. The molecule has 2 aliphatic heterocycles. The molecular formula is C27H21FN4O3. The molecule has 1 aliphatic carbocycles. The number of amides is 1. The minimum atomic E-state index is -0.864. The number of halogens is 1. The molecule has 3 heterocycles. The van der Waals surface area contributed by atoms with Crippen molar-refractivity contribution in [3.8, 4) is 28.3 Å². The van der Waals surface area contributed by atoms with E-state index in [1.54, 1.807) is 4.57 Å². The van der Waals surface area contributed by atoms with E-state index in [1.165, 1.54) is 17.8 Å². The summed E-state index contributed by atoms with van der Waals surface area (Å²) < 4.78 is 23.7. The van der Waals surface area contributed by atoms with Crippen LogP contribution in [0.4, 0.5) is 10.1 Å². The Balaban J connectivity index is 1.56. The molecule has 4 aromatic rings. The van der Waals surface area contributed by atoms with E-state index in [1.807, 2.05) is 29.2 Å². The Morgan fingerprint density at radius 1 is 1.11 bits per heavy atom. The number of carbonyl (C=O) groups excluding carboxylic acids is 1. The second kappa shape index (κ2) is 6.93. The molecule has 8 heteroatoms. The Bertz CT molecular complexity index is 1680. The summed E-state index contributed by atoms with van der Waals surface area (Å²) in [7, 11) is 0. The van der Waals surface area contributed by atoms with Gasteiger partial charge in [0.05, 0.1) is 11.1 Å². The SMILES string of the molecule is NC(=O)c1cn2c3c(c(N4CCC(N)C4)c(F)cc3c1=O)Oc1cc3c(cc1-2)-c1ccccc1C3. The predicted molar refractivity (Wildman–Crippen MR) is 131 cm³/mol. The fourth-order valence-electron chi connectivity index (χ4n) is 5.69. The highest BCUT2D eigenvalue weighted by Gasteiger charge is 2.33. The summed E-state index contributed by atoms with van der Waals surface area (Å²) in [6.45, 7) is 1.06. The van der Waals surface area contributed by atoms with Crippen LogP contribution in [-0.2, 0) is 6.42 Å². The molecule has 1 unspecified atom stereocenters. The number of nitrogens with zero attached hydrogens (tertiary/aromatic N) is 2. The molecule has 1 saturated heterocycles. The molecule has 0 radical (unpaired) electrons. The number of fused-ring (bicyclic) bond motifs is 5. The van der Waals surface area contributed by atoms with Gasteiger partial charge in [-0.05, 0) is 53.3 Å². The number of pyridine rings is 1. The molecule has 7 rings (SSSR count). The number of hydrogen-bond donors (Lipinski definition) is 2. The summed E-state index contributed by atoms with van der Waals surface area (Å²) in [5.74, 6) is -0.675. The largest absolute Gasteiger partial charge is 0.451 e. The lowest BCUT2D eigenvalue weighted by atomic mass is 10.0. The van der Waals surface area contributed by atoms with E-state index in [2.05, 4.69) is 12.1 Å². The Morgan fingerprint density at radius 2 is 1.94 bits per heavy atom. The zero-order valence-electron chi connectivity index (χ0n) is 18.7. The number of rotatable bonds is 2. The minimum absolute atomic E-state index is 0.0487. The predicted octanol–water partition coefficient (Wildman–Crippen LogP) is 3.44. The summed E-state index contributed by atoms with van der Waals surface area (Å²) in [6, 6.07) is 13.3. The van der Waals surface area contributed by atoms with Crippen molar-refractivity contribution in [2.24, 2.45) is 11.5 Å². The van der Waals surface area contributed by atoms with Crippen molar-refractivity contribution in [3.63, 3.8) is 0 Å². The number of carbonyl (C=O) groups is 1. The lowest BCUT2D eigenvalue weighted by Gasteiger charge is -2.29. The van der Waals surface area contributed by atoms with Crippen molar-refractivity contribution >= 4 is 22.5 Å². The minimum Gasteiger partial charge on any atom is -0.451 e. The highest BCUT2D eigenvalue weighted by atomic mass is 19.1. The number of ether oxygens (including phenoxy) is 1. The summed E-state index contributed by atoms with van der Waals surface area (Å²) in [4.78, 5) is 27.2. The average Bonchev–Trinajstić information content (AvgIpc) is 3.41. The van der Waals surface area contributed by atoms with Gasteiger partial charge >= 0.3 is 0 Å². The van der Waals surface area contributed by atoms with E-state index in [0.29, 0.717) is 30.0 Å². The van der Waals surface area contributed by atoms with Gasteiger partial charge in [0.1, 0.15) is 16.8 Å². The van der Waals surface area contributed by atoms with Crippen molar-refractivity contribution in [3.05, 3.63) is 81.4 Å². The third kappa shape index (κ3) is 2.74. The van der Waals surface area contributed by atoms with Crippen LogP contribution in [0.5, 0.6) is 11.5 Å². The fourth-order valence-corrected chi connectivity index (χ4v) is 5.69. The third-order valence-corrected chi connectivity index (χ3v) is 7.32. The molecule has 3 aliphatic rings. The normalized spacial score (nSPS) is 17.2. The van der Waals surface area contributed by atoms with E-state index < -0.39 is 17.2 Å². The van der Waals surface area contributed by atoms with Crippen molar-refractivity contribution in [1.29, 1.82) is 0 Å². The monoisotopic (exact) mass is 468 g/mol. The van der Waals surface area contributed by atoms with Crippen molar-refractivity contribution in [2.75, 3.05) is 18.0 Å². The van der Waals surface area contributed by atoms with Crippen LogP contribution in [0.25, 0.3) is 27.7 Å². The first-order valence-electron chi connectivity index (χ1n) is 11.6. The van der Waals surface area contributed by atoms with Crippen LogP contribution in [0.1, 0.15) is 27.9 Å². The van der Waals surface area contributed by atoms with Gasteiger partial charge in [0.25, 0.3) is 5.91 Å². The van der Waals surface area contributed by atoms with Gasteiger partial charge in [-0.1, -0.05) is 24.3 Å². The van der Waals surface area contributed by atoms with E-state index >= 15 is 4.39 Å². The highest BCUT2D eigenvalue weighted by Crippen LogP contribution is 2.50. The third-order valence-electron chi connectivity index (χ3n) is 7.32. The number of primary amides is 1. The number of nitrogens with two attached hydrogens (primary N) is 2. The Morgan fingerprint density at radius 3 is 2.71 bits per heavy atom. The van der Waals surface area contributed by atoms with Gasteiger partial charge in [-0.2, -0.15) is 0 Å². The molecule has 1 aromatic heterocycles. The second-order valence-corrected chi connectivity index (χ2v) is 9.45. The summed E-state index contributed by atoms with van der Waals surface area (Å²) >= 11 is 0. The maximum atomic E-state index is 15.6. The molecule has 7 nitrogen and oxygen atoms in total. The first kappa shape index (κ1) is 20.2. The molecule has 0 spiro atoms. The van der Waals surface area contributed by atoms with Gasteiger partial charge in [-0.15, -0.1) is 0 Å². The van der Waals surface area contributed by atoms with Gasteiger partial charge in [0.15, 0.2) is 17.3 Å². The Hall–Kier alpha value is -4.17. The molecule has 35 heavy (non-hydrogen) atoms. The quantitative estimate of drug-likeness (QED) is 0.405. The molecule has 0 saturated carbocycles. The van der Waals surface area contributed by atoms with Gasteiger partial charge in [-0.25, -0.2) is 4.39 Å². The zero-order chi connectivity index (χ0) is 24.0. The van der Waals surface area contributed by atoms with E-state index in [0.717, 1.165) is 29.5 Å². The molecule has 174 valence electrons. The van der Waals surface area contributed by atoms with Crippen molar-refractivity contribution < 1.29 is 13.9 Å². The molecule has 1 amide bonds. The molecule has 4 N–H and O–H groups in total. The molecule has 0 bridgehead atoms. The first-order chi connectivity index (χ1) is 16.9.